The summed E-state index contributed by atoms with van der Waals surface area (Å²) < 4.78 is 10.6. The van der Waals surface area contributed by atoms with E-state index in [1.807, 2.05) is 39.0 Å². The second-order valence-electron chi connectivity index (χ2n) is 6.15. The fourth-order valence-electron chi connectivity index (χ4n) is 2.34. The number of hydrogen-bond donors (Lipinski definition) is 1. The van der Waals surface area contributed by atoms with Gasteiger partial charge in [-0.2, -0.15) is 0 Å². The lowest BCUT2D eigenvalue weighted by molar-refractivity contribution is -0.151. The van der Waals surface area contributed by atoms with E-state index in [4.69, 9.17) is 9.47 Å². The van der Waals surface area contributed by atoms with Crippen LogP contribution >= 0.6 is 0 Å². The summed E-state index contributed by atoms with van der Waals surface area (Å²) in [6, 6.07) is 12.5. The molecule has 1 atom stereocenters. The van der Waals surface area contributed by atoms with Gasteiger partial charge in [0.1, 0.15) is 5.75 Å². The lowest BCUT2D eigenvalue weighted by Crippen LogP contribution is -2.26. The Kier molecular flexibility index (Phi) is 6.78. The minimum atomic E-state index is -0.698. The van der Waals surface area contributed by atoms with Gasteiger partial charge < -0.3 is 14.8 Å². The second-order valence-corrected chi connectivity index (χ2v) is 6.15. The maximum absolute atomic E-state index is 12.4. The summed E-state index contributed by atoms with van der Waals surface area (Å²) in [5.41, 5.74) is 3.47. The lowest BCUT2D eigenvalue weighted by atomic mass is 10.1. The number of amides is 1. The van der Waals surface area contributed by atoms with Crippen LogP contribution in [0.3, 0.4) is 0 Å². The van der Waals surface area contributed by atoms with Crippen molar-refractivity contribution in [2.75, 3.05) is 11.9 Å². The van der Waals surface area contributed by atoms with Crippen molar-refractivity contribution in [2.45, 2.75) is 40.2 Å². The fraction of sp³-hybridized carbons (Fsp3) is 0.333. The number of aryl methyl sites for hydroxylation is 1. The third-order valence-corrected chi connectivity index (χ3v) is 4.06. The van der Waals surface area contributed by atoms with E-state index in [0.717, 1.165) is 23.2 Å². The number of anilines is 1. The van der Waals surface area contributed by atoms with Crippen molar-refractivity contribution in [1.29, 1.82) is 0 Å². The highest BCUT2D eigenvalue weighted by molar-refractivity contribution is 6.04. The summed E-state index contributed by atoms with van der Waals surface area (Å²) in [6.07, 6.45) is 0.0686. The molecular weight excluding hydrogens is 330 g/mol. The van der Waals surface area contributed by atoms with E-state index >= 15 is 0 Å². The van der Waals surface area contributed by atoms with Crippen molar-refractivity contribution in [1.82, 2.24) is 0 Å². The molecule has 0 aliphatic heterocycles. The number of ether oxygens (including phenoxy) is 2. The molecule has 0 radical (unpaired) electrons. The quantitative estimate of drug-likeness (QED) is 0.753. The normalized spacial score (nSPS) is 11.5. The Hall–Kier alpha value is -2.82. The number of nitrogens with one attached hydrogen (secondary N) is 1. The second kappa shape index (κ2) is 9.04. The molecule has 5 heteroatoms. The van der Waals surface area contributed by atoms with Gasteiger partial charge in [0, 0.05) is 11.3 Å². The Balaban J connectivity index is 1.99. The van der Waals surface area contributed by atoms with Crippen LogP contribution in [0.25, 0.3) is 0 Å². The number of rotatable bonds is 7. The summed E-state index contributed by atoms with van der Waals surface area (Å²) in [4.78, 5) is 24.1. The van der Waals surface area contributed by atoms with Gasteiger partial charge in [0.25, 0.3) is 5.91 Å². The van der Waals surface area contributed by atoms with Crippen LogP contribution in [0.1, 0.15) is 41.8 Å². The summed E-state index contributed by atoms with van der Waals surface area (Å²) in [7, 11) is 0. The Morgan fingerprint density at radius 1 is 1.08 bits per heavy atom. The van der Waals surface area contributed by atoms with Crippen LogP contribution in [-0.2, 0) is 9.53 Å². The maximum atomic E-state index is 12.4. The van der Waals surface area contributed by atoms with Gasteiger partial charge in [-0.25, -0.2) is 4.79 Å². The molecule has 1 N–H and O–H groups in total. The van der Waals surface area contributed by atoms with Gasteiger partial charge in [0.2, 0.25) is 0 Å². The Bertz CT molecular complexity index is 768. The molecule has 26 heavy (non-hydrogen) atoms. The first kappa shape index (κ1) is 19.5. The molecule has 0 heterocycles. The third kappa shape index (κ3) is 5.09. The van der Waals surface area contributed by atoms with Crippen LogP contribution < -0.4 is 10.1 Å². The van der Waals surface area contributed by atoms with Gasteiger partial charge in [-0.1, -0.05) is 19.1 Å². The van der Waals surface area contributed by atoms with Gasteiger partial charge in [0.05, 0.1) is 6.61 Å². The van der Waals surface area contributed by atoms with Crippen LogP contribution in [0.2, 0.25) is 0 Å². The maximum Gasteiger partial charge on any atom is 0.347 e. The molecule has 2 aromatic rings. The van der Waals surface area contributed by atoms with E-state index < -0.39 is 12.1 Å². The summed E-state index contributed by atoms with van der Waals surface area (Å²) in [6.45, 7) is 7.93. The average Bonchev–Trinajstić information content (AvgIpc) is 2.64. The molecule has 0 aromatic heterocycles. The van der Waals surface area contributed by atoms with Gasteiger partial charge >= 0.3 is 5.97 Å². The predicted octanol–water partition coefficient (Wildman–Crippen LogP) is 4.28. The Morgan fingerprint density at radius 3 is 2.42 bits per heavy atom. The van der Waals surface area contributed by atoms with Crippen molar-refractivity contribution in [3.63, 3.8) is 0 Å². The SMILES string of the molecule is CCCOC(=O)[C@@H](C)Oc1ccc(C(=O)Nc2cccc(C)c2C)cc1. The number of benzene rings is 2. The van der Waals surface area contributed by atoms with E-state index in [1.54, 1.807) is 31.2 Å². The molecule has 0 saturated heterocycles. The molecule has 0 aliphatic rings. The van der Waals surface area contributed by atoms with Crippen molar-refractivity contribution >= 4 is 17.6 Å². The first-order valence-electron chi connectivity index (χ1n) is 8.73. The molecule has 1 amide bonds. The number of carbonyl (C=O) groups is 2. The van der Waals surface area contributed by atoms with Crippen LogP contribution in [-0.4, -0.2) is 24.6 Å². The smallest absolute Gasteiger partial charge is 0.347 e. The highest BCUT2D eigenvalue weighted by Gasteiger charge is 2.16. The minimum Gasteiger partial charge on any atom is -0.479 e. The van der Waals surface area contributed by atoms with Crippen molar-refractivity contribution < 1.29 is 19.1 Å². The number of carbonyl (C=O) groups excluding carboxylic acids is 2. The van der Waals surface area contributed by atoms with Crippen LogP contribution in [0.4, 0.5) is 5.69 Å². The highest BCUT2D eigenvalue weighted by Crippen LogP contribution is 2.20. The van der Waals surface area contributed by atoms with Crippen molar-refractivity contribution in [2.24, 2.45) is 0 Å². The van der Waals surface area contributed by atoms with E-state index in [2.05, 4.69) is 5.32 Å². The topological polar surface area (TPSA) is 64.6 Å². The Labute approximate surface area is 154 Å². The molecule has 0 saturated carbocycles. The largest absolute Gasteiger partial charge is 0.479 e. The molecule has 0 spiro atoms. The van der Waals surface area contributed by atoms with E-state index in [0.29, 0.717) is 17.9 Å². The molecule has 138 valence electrons. The number of hydrogen-bond acceptors (Lipinski definition) is 4. The summed E-state index contributed by atoms with van der Waals surface area (Å²) >= 11 is 0. The molecule has 2 rings (SSSR count). The fourth-order valence-corrected chi connectivity index (χ4v) is 2.34. The first-order valence-corrected chi connectivity index (χ1v) is 8.73. The van der Waals surface area contributed by atoms with E-state index in [1.165, 1.54) is 0 Å². The zero-order chi connectivity index (χ0) is 19.1. The Morgan fingerprint density at radius 2 is 1.77 bits per heavy atom. The third-order valence-electron chi connectivity index (χ3n) is 4.06. The minimum absolute atomic E-state index is 0.194. The average molecular weight is 355 g/mol. The molecule has 0 fully saturated rings. The molecule has 0 aliphatic carbocycles. The van der Waals surface area contributed by atoms with Crippen molar-refractivity contribution in [3.8, 4) is 5.75 Å². The number of esters is 1. The zero-order valence-corrected chi connectivity index (χ0v) is 15.7. The van der Waals surface area contributed by atoms with Crippen LogP contribution in [0, 0.1) is 13.8 Å². The molecular formula is C21H25NO4. The zero-order valence-electron chi connectivity index (χ0n) is 15.7. The lowest BCUT2D eigenvalue weighted by Gasteiger charge is -2.14. The highest BCUT2D eigenvalue weighted by atomic mass is 16.6. The molecule has 5 nitrogen and oxygen atoms in total. The van der Waals surface area contributed by atoms with Crippen LogP contribution in [0.5, 0.6) is 5.75 Å². The van der Waals surface area contributed by atoms with Gasteiger partial charge in [-0.05, 0) is 68.7 Å². The van der Waals surface area contributed by atoms with Crippen LogP contribution in [0.15, 0.2) is 42.5 Å². The summed E-state index contributed by atoms with van der Waals surface area (Å²) in [5.74, 6) is -0.0847. The predicted molar refractivity (Wildman–Crippen MR) is 102 cm³/mol. The summed E-state index contributed by atoms with van der Waals surface area (Å²) in [5, 5.41) is 2.92. The molecule has 2 aromatic carbocycles. The standard InChI is InChI=1S/C21H25NO4/c1-5-13-25-21(24)16(4)26-18-11-9-17(10-12-18)20(23)22-19-8-6-7-14(2)15(19)3/h6-12,16H,5,13H2,1-4H3,(H,22,23)/t16-/m1/s1. The monoisotopic (exact) mass is 355 g/mol. The molecule has 0 bridgehead atoms. The molecule has 0 unspecified atom stereocenters. The van der Waals surface area contributed by atoms with Crippen molar-refractivity contribution in [3.05, 3.63) is 59.2 Å². The van der Waals surface area contributed by atoms with E-state index in [-0.39, 0.29) is 5.91 Å². The first-order chi connectivity index (χ1) is 12.4. The van der Waals surface area contributed by atoms with Gasteiger partial charge in [-0.3, -0.25) is 4.79 Å². The van der Waals surface area contributed by atoms with Gasteiger partial charge in [-0.15, -0.1) is 0 Å². The van der Waals surface area contributed by atoms with E-state index in [9.17, 15) is 9.59 Å². The van der Waals surface area contributed by atoms with Gasteiger partial charge in [0.15, 0.2) is 6.10 Å².